The van der Waals surface area contributed by atoms with Crippen molar-refractivity contribution in [3.8, 4) is 0 Å². The van der Waals surface area contributed by atoms with Gasteiger partial charge in [0.15, 0.2) is 0 Å². The van der Waals surface area contributed by atoms with Crippen molar-refractivity contribution in [1.82, 2.24) is 5.32 Å². The molecule has 0 bridgehead atoms. The van der Waals surface area contributed by atoms with E-state index in [1.165, 1.54) is 11.1 Å². The molecule has 1 N–H and O–H groups in total. The highest BCUT2D eigenvalue weighted by atomic mass is 14.9. The molecule has 0 heterocycles. The third-order valence-corrected chi connectivity index (χ3v) is 2.36. The molecule has 0 fully saturated rings. The van der Waals surface area contributed by atoms with Gasteiger partial charge in [0.25, 0.3) is 0 Å². The minimum absolute atomic E-state index is 0. The van der Waals surface area contributed by atoms with Gasteiger partial charge in [-0.2, -0.15) is 0 Å². The van der Waals surface area contributed by atoms with Crippen LogP contribution in [0.15, 0.2) is 24.3 Å². The maximum atomic E-state index is 3.41. The van der Waals surface area contributed by atoms with Crippen molar-refractivity contribution < 1.29 is 1.43 Å². The molecule has 1 aromatic rings. The van der Waals surface area contributed by atoms with Crippen molar-refractivity contribution in [2.45, 2.75) is 46.2 Å². The Morgan fingerprint density at radius 3 is 2.07 bits per heavy atom. The summed E-state index contributed by atoms with van der Waals surface area (Å²) in [7, 11) is 0. The molecule has 0 radical (unpaired) electrons. The predicted octanol–water partition coefficient (Wildman–Crippen LogP) is 3.55. The van der Waals surface area contributed by atoms with Crippen LogP contribution in [0.3, 0.4) is 0 Å². The molecule has 0 saturated heterocycles. The van der Waals surface area contributed by atoms with Crippen LogP contribution in [0.5, 0.6) is 0 Å². The number of rotatable bonds is 4. The van der Waals surface area contributed by atoms with Crippen molar-refractivity contribution >= 4 is 0 Å². The summed E-state index contributed by atoms with van der Waals surface area (Å²) >= 11 is 0. The SMILES string of the molecule is CC(C)NCc1ccc(C(C)C)cc1.[HH]. The number of hydrogen-bond donors (Lipinski definition) is 1. The Hall–Kier alpha value is -0.820. The van der Waals surface area contributed by atoms with E-state index in [-0.39, 0.29) is 1.43 Å². The molecular weight excluding hydrogens is 170 g/mol. The molecule has 0 aliphatic heterocycles. The van der Waals surface area contributed by atoms with Crippen LogP contribution in [0.25, 0.3) is 0 Å². The molecule has 0 unspecified atom stereocenters. The van der Waals surface area contributed by atoms with E-state index in [0.29, 0.717) is 12.0 Å². The third kappa shape index (κ3) is 3.51. The lowest BCUT2D eigenvalue weighted by Crippen LogP contribution is -2.21. The van der Waals surface area contributed by atoms with Gasteiger partial charge in [0.1, 0.15) is 0 Å². The first-order valence-electron chi connectivity index (χ1n) is 5.42. The molecule has 0 amide bonds. The van der Waals surface area contributed by atoms with Crippen LogP contribution in [0.1, 0.15) is 46.2 Å². The second-order valence-electron chi connectivity index (χ2n) is 4.43. The van der Waals surface area contributed by atoms with Gasteiger partial charge in [0, 0.05) is 14.0 Å². The zero-order valence-corrected chi connectivity index (χ0v) is 9.67. The van der Waals surface area contributed by atoms with E-state index in [1.807, 2.05) is 0 Å². The zero-order valence-electron chi connectivity index (χ0n) is 9.67. The van der Waals surface area contributed by atoms with Crippen LogP contribution in [0, 0.1) is 0 Å². The van der Waals surface area contributed by atoms with Gasteiger partial charge in [0.2, 0.25) is 0 Å². The monoisotopic (exact) mass is 193 g/mol. The molecular formula is C13H23N. The Morgan fingerprint density at radius 1 is 1.07 bits per heavy atom. The summed E-state index contributed by atoms with van der Waals surface area (Å²) in [5, 5.41) is 3.41. The van der Waals surface area contributed by atoms with E-state index in [2.05, 4.69) is 57.3 Å². The standard InChI is InChI=1S/C13H21N.H2/c1-10(2)13-7-5-12(6-8-13)9-14-11(3)4;/h5-8,10-11,14H,9H2,1-4H3;1H. The van der Waals surface area contributed by atoms with Crippen LogP contribution in [-0.4, -0.2) is 6.04 Å². The highest BCUT2D eigenvalue weighted by Crippen LogP contribution is 2.14. The molecule has 0 atom stereocenters. The fourth-order valence-corrected chi connectivity index (χ4v) is 1.34. The Kier molecular flexibility index (Phi) is 4.15. The van der Waals surface area contributed by atoms with Crippen molar-refractivity contribution in [2.75, 3.05) is 0 Å². The highest BCUT2D eigenvalue weighted by molar-refractivity contribution is 5.24. The first-order chi connectivity index (χ1) is 6.59. The van der Waals surface area contributed by atoms with E-state index in [1.54, 1.807) is 0 Å². The third-order valence-electron chi connectivity index (χ3n) is 2.36. The van der Waals surface area contributed by atoms with Gasteiger partial charge in [-0.15, -0.1) is 0 Å². The molecule has 0 saturated carbocycles. The van der Waals surface area contributed by atoms with Gasteiger partial charge in [-0.3, -0.25) is 0 Å². The Balaban J connectivity index is 0.00000196. The van der Waals surface area contributed by atoms with Gasteiger partial charge in [-0.1, -0.05) is 52.0 Å². The number of hydrogen-bond acceptors (Lipinski definition) is 1. The van der Waals surface area contributed by atoms with Crippen molar-refractivity contribution in [1.29, 1.82) is 0 Å². The lowest BCUT2D eigenvalue weighted by molar-refractivity contribution is 0.588. The maximum Gasteiger partial charge on any atom is 0.0207 e. The quantitative estimate of drug-likeness (QED) is 0.771. The largest absolute Gasteiger partial charge is 0.310 e. The number of nitrogens with one attached hydrogen (secondary N) is 1. The average Bonchev–Trinajstić information content (AvgIpc) is 2.15. The zero-order chi connectivity index (χ0) is 10.6. The molecule has 1 rings (SSSR count). The van der Waals surface area contributed by atoms with Gasteiger partial charge in [-0.25, -0.2) is 0 Å². The van der Waals surface area contributed by atoms with E-state index in [4.69, 9.17) is 0 Å². The van der Waals surface area contributed by atoms with Crippen LogP contribution >= 0.6 is 0 Å². The van der Waals surface area contributed by atoms with Crippen LogP contribution in [0.4, 0.5) is 0 Å². The van der Waals surface area contributed by atoms with Gasteiger partial charge < -0.3 is 5.32 Å². The van der Waals surface area contributed by atoms with E-state index in [9.17, 15) is 0 Å². The molecule has 1 heteroatoms. The molecule has 0 aliphatic carbocycles. The lowest BCUT2D eigenvalue weighted by atomic mass is 10.0. The molecule has 14 heavy (non-hydrogen) atoms. The summed E-state index contributed by atoms with van der Waals surface area (Å²) in [5.74, 6) is 0.627. The summed E-state index contributed by atoms with van der Waals surface area (Å²) in [6.45, 7) is 9.75. The van der Waals surface area contributed by atoms with Gasteiger partial charge in [0.05, 0.1) is 0 Å². The molecule has 0 aromatic heterocycles. The van der Waals surface area contributed by atoms with Crippen LogP contribution in [0.2, 0.25) is 0 Å². The summed E-state index contributed by atoms with van der Waals surface area (Å²) < 4.78 is 0. The Bertz CT molecular complexity index is 264. The van der Waals surface area contributed by atoms with Gasteiger partial charge >= 0.3 is 0 Å². The van der Waals surface area contributed by atoms with Crippen LogP contribution < -0.4 is 5.32 Å². The van der Waals surface area contributed by atoms with Crippen molar-refractivity contribution in [3.05, 3.63) is 35.4 Å². The number of benzene rings is 1. The Morgan fingerprint density at radius 2 is 1.64 bits per heavy atom. The fraction of sp³-hybridized carbons (Fsp3) is 0.538. The van der Waals surface area contributed by atoms with E-state index >= 15 is 0 Å². The van der Waals surface area contributed by atoms with Crippen molar-refractivity contribution in [3.63, 3.8) is 0 Å². The van der Waals surface area contributed by atoms with E-state index < -0.39 is 0 Å². The molecule has 80 valence electrons. The molecule has 1 aromatic carbocycles. The topological polar surface area (TPSA) is 12.0 Å². The first kappa shape index (κ1) is 11.3. The van der Waals surface area contributed by atoms with Crippen LogP contribution in [-0.2, 0) is 6.54 Å². The normalized spacial score (nSPS) is 11.3. The summed E-state index contributed by atoms with van der Waals surface area (Å²) in [4.78, 5) is 0. The minimum atomic E-state index is 0. The second-order valence-corrected chi connectivity index (χ2v) is 4.43. The summed E-state index contributed by atoms with van der Waals surface area (Å²) in [5.41, 5.74) is 2.78. The fourth-order valence-electron chi connectivity index (χ4n) is 1.34. The van der Waals surface area contributed by atoms with Gasteiger partial charge in [-0.05, 0) is 17.0 Å². The second kappa shape index (κ2) is 5.16. The smallest absolute Gasteiger partial charge is 0.0207 e. The average molecular weight is 193 g/mol. The van der Waals surface area contributed by atoms with Crippen molar-refractivity contribution in [2.24, 2.45) is 0 Å². The molecule has 0 aliphatic rings. The Labute approximate surface area is 89.0 Å². The first-order valence-corrected chi connectivity index (χ1v) is 5.42. The minimum Gasteiger partial charge on any atom is -0.310 e. The molecule has 0 spiro atoms. The van der Waals surface area contributed by atoms with E-state index in [0.717, 1.165) is 6.54 Å². The lowest BCUT2D eigenvalue weighted by Gasteiger charge is -2.09. The predicted molar refractivity (Wildman–Crippen MR) is 64.6 cm³/mol. The highest BCUT2D eigenvalue weighted by Gasteiger charge is 1.99. The maximum absolute atomic E-state index is 3.41. The summed E-state index contributed by atoms with van der Waals surface area (Å²) in [6.07, 6.45) is 0. The summed E-state index contributed by atoms with van der Waals surface area (Å²) in [6, 6.07) is 9.43. The molecule has 1 nitrogen and oxygen atoms in total.